The molecule has 0 heterocycles. The van der Waals surface area contributed by atoms with E-state index in [1.807, 2.05) is 0 Å². The lowest BCUT2D eigenvalue weighted by Gasteiger charge is -2.38. The SMILES string of the molecule is CC(C)[C@@H]1CC[C@@H](C)C[C@H]1Oc1ccc(O[C@@H]2C[C@H](C)CC[C@H]2C(C)C)cc1. The van der Waals surface area contributed by atoms with Gasteiger partial charge in [-0.05, 0) is 85.5 Å². The lowest BCUT2D eigenvalue weighted by Crippen LogP contribution is -2.36. The molecular weight excluding hydrogens is 344 g/mol. The summed E-state index contributed by atoms with van der Waals surface area (Å²) in [7, 11) is 0. The molecule has 0 bridgehead atoms. The highest BCUT2D eigenvalue weighted by Crippen LogP contribution is 2.38. The van der Waals surface area contributed by atoms with E-state index in [2.05, 4.69) is 65.8 Å². The van der Waals surface area contributed by atoms with Gasteiger partial charge in [0.05, 0.1) is 0 Å². The summed E-state index contributed by atoms with van der Waals surface area (Å²) in [5, 5.41) is 0. The van der Waals surface area contributed by atoms with Crippen molar-refractivity contribution in [2.24, 2.45) is 35.5 Å². The van der Waals surface area contributed by atoms with Crippen molar-refractivity contribution in [1.82, 2.24) is 0 Å². The monoisotopic (exact) mass is 386 g/mol. The van der Waals surface area contributed by atoms with E-state index in [1.165, 1.54) is 38.5 Å². The molecule has 2 saturated carbocycles. The van der Waals surface area contributed by atoms with Crippen LogP contribution in [0.25, 0.3) is 0 Å². The van der Waals surface area contributed by atoms with Gasteiger partial charge in [-0.1, -0.05) is 54.4 Å². The second-order valence-corrected chi connectivity index (χ2v) is 10.4. The van der Waals surface area contributed by atoms with E-state index < -0.39 is 0 Å². The van der Waals surface area contributed by atoms with Crippen LogP contribution in [-0.2, 0) is 0 Å². The summed E-state index contributed by atoms with van der Waals surface area (Å²) < 4.78 is 12.9. The molecular formula is C26H42O2. The summed E-state index contributed by atoms with van der Waals surface area (Å²) >= 11 is 0. The fourth-order valence-electron chi connectivity index (χ4n) is 5.45. The summed E-state index contributed by atoms with van der Waals surface area (Å²) in [6.07, 6.45) is 8.31. The molecule has 2 aliphatic rings. The topological polar surface area (TPSA) is 18.5 Å². The summed E-state index contributed by atoms with van der Waals surface area (Å²) in [5.41, 5.74) is 0. The maximum absolute atomic E-state index is 6.47. The van der Waals surface area contributed by atoms with E-state index in [9.17, 15) is 0 Å². The van der Waals surface area contributed by atoms with Crippen molar-refractivity contribution in [2.45, 2.75) is 92.3 Å². The van der Waals surface area contributed by atoms with Crippen LogP contribution < -0.4 is 9.47 Å². The van der Waals surface area contributed by atoms with Crippen LogP contribution >= 0.6 is 0 Å². The molecule has 2 fully saturated rings. The Balaban J connectivity index is 1.62. The maximum atomic E-state index is 6.47. The average Bonchev–Trinajstić information content (AvgIpc) is 2.63. The predicted octanol–water partition coefficient (Wildman–Crippen LogP) is 7.37. The molecule has 1 aromatic rings. The van der Waals surface area contributed by atoms with Crippen LogP contribution in [0.5, 0.6) is 11.5 Å². The summed E-state index contributed by atoms with van der Waals surface area (Å²) in [5.74, 6) is 6.23. The average molecular weight is 387 g/mol. The quantitative estimate of drug-likeness (QED) is 0.508. The lowest BCUT2D eigenvalue weighted by atomic mass is 9.75. The van der Waals surface area contributed by atoms with Gasteiger partial charge in [0.1, 0.15) is 23.7 Å². The first-order chi connectivity index (χ1) is 13.3. The molecule has 0 radical (unpaired) electrons. The van der Waals surface area contributed by atoms with Crippen molar-refractivity contribution >= 4 is 0 Å². The molecule has 158 valence electrons. The van der Waals surface area contributed by atoms with Gasteiger partial charge in [-0.15, -0.1) is 0 Å². The molecule has 2 aliphatic carbocycles. The molecule has 0 saturated heterocycles. The van der Waals surface area contributed by atoms with Gasteiger partial charge < -0.3 is 9.47 Å². The smallest absolute Gasteiger partial charge is 0.120 e. The van der Waals surface area contributed by atoms with Crippen LogP contribution in [-0.4, -0.2) is 12.2 Å². The summed E-state index contributed by atoms with van der Waals surface area (Å²) in [6, 6.07) is 8.45. The van der Waals surface area contributed by atoms with Crippen LogP contribution in [0.15, 0.2) is 24.3 Å². The zero-order chi connectivity index (χ0) is 20.3. The fourth-order valence-corrected chi connectivity index (χ4v) is 5.45. The van der Waals surface area contributed by atoms with Crippen LogP contribution in [0.1, 0.15) is 80.1 Å². The number of rotatable bonds is 6. The Bertz CT molecular complexity index is 538. The molecule has 0 aliphatic heterocycles. The minimum absolute atomic E-state index is 0.347. The van der Waals surface area contributed by atoms with Gasteiger partial charge in [-0.25, -0.2) is 0 Å². The first-order valence-corrected chi connectivity index (χ1v) is 11.8. The Kier molecular flexibility index (Phi) is 7.34. The predicted molar refractivity (Wildman–Crippen MR) is 118 cm³/mol. The second-order valence-electron chi connectivity index (χ2n) is 10.4. The fraction of sp³-hybridized carbons (Fsp3) is 0.769. The van der Waals surface area contributed by atoms with Gasteiger partial charge in [0.2, 0.25) is 0 Å². The van der Waals surface area contributed by atoms with Gasteiger partial charge in [-0.2, -0.15) is 0 Å². The van der Waals surface area contributed by atoms with Gasteiger partial charge in [0.25, 0.3) is 0 Å². The highest BCUT2D eigenvalue weighted by molar-refractivity contribution is 5.31. The minimum atomic E-state index is 0.347. The Morgan fingerprint density at radius 2 is 1.00 bits per heavy atom. The third-order valence-corrected chi connectivity index (χ3v) is 7.32. The first kappa shape index (κ1) is 21.5. The Hall–Kier alpha value is -1.18. The molecule has 0 amide bonds. The number of benzene rings is 1. The van der Waals surface area contributed by atoms with Crippen LogP contribution in [0.3, 0.4) is 0 Å². The molecule has 0 N–H and O–H groups in total. The minimum Gasteiger partial charge on any atom is -0.490 e. The van der Waals surface area contributed by atoms with Crippen LogP contribution in [0.2, 0.25) is 0 Å². The largest absolute Gasteiger partial charge is 0.490 e. The van der Waals surface area contributed by atoms with Crippen molar-refractivity contribution in [3.8, 4) is 11.5 Å². The van der Waals surface area contributed by atoms with Gasteiger partial charge in [0.15, 0.2) is 0 Å². The van der Waals surface area contributed by atoms with E-state index in [4.69, 9.17) is 9.47 Å². The Labute approximate surface area is 173 Å². The molecule has 3 rings (SSSR count). The Morgan fingerprint density at radius 3 is 1.32 bits per heavy atom. The molecule has 1 aromatic carbocycles. The maximum Gasteiger partial charge on any atom is 0.120 e. The summed E-state index contributed by atoms with van der Waals surface area (Å²) in [4.78, 5) is 0. The van der Waals surface area contributed by atoms with E-state index in [0.717, 1.165) is 23.3 Å². The van der Waals surface area contributed by atoms with Crippen LogP contribution in [0, 0.1) is 35.5 Å². The number of hydrogen-bond donors (Lipinski definition) is 0. The van der Waals surface area contributed by atoms with Crippen molar-refractivity contribution in [2.75, 3.05) is 0 Å². The lowest BCUT2D eigenvalue weighted by molar-refractivity contribution is 0.0432. The Morgan fingerprint density at radius 1 is 0.643 bits per heavy atom. The second kappa shape index (κ2) is 9.55. The highest BCUT2D eigenvalue weighted by atomic mass is 16.5. The van der Waals surface area contributed by atoms with Crippen molar-refractivity contribution in [3.63, 3.8) is 0 Å². The van der Waals surface area contributed by atoms with E-state index in [1.54, 1.807) is 0 Å². The molecule has 28 heavy (non-hydrogen) atoms. The van der Waals surface area contributed by atoms with E-state index in [-0.39, 0.29) is 0 Å². The molecule has 0 unspecified atom stereocenters. The molecule has 0 spiro atoms. The molecule has 0 aromatic heterocycles. The molecule has 2 heteroatoms. The van der Waals surface area contributed by atoms with Gasteiger partial charge in [0, 0.05) is 0 Å². The highest BCUT2D eigenvalue weighted by Gasteiger charge is 2.33. The van der Waals surface area contributed by atoms with E-state index >= 15 is 0 Å². The number of ether oxygens (including phenoxy) is 2. The zero-order valence-corrected chi connectivity index (χ0v) is 19.0. The standard InChI is InChI=1S/C26H42O2/c1-17(2)23-13-7-19(5)15-25(23)27-21-9-11-22(12-10-21)28-26-16-20(6)8-14-24(26)18(3)4/h9-12,17-20,23-26H,7-8,13-16H2,1-6H3/t19-,20-,23+,24+,25-,26-/m1/s1. The van der Waals surface area contributed by atoms with Gasteiger partial charge in [-0.3, -0.25) is 0 Å². The normalized spacial score (nSPS) is 33.9. The third kappa shape index (κ3) is 5.45. The van der Waals surface area contributed by atoms with Crippen molar-refractivity contribution in [1.29, 1.82) is 0 Å². The number of hydrogen-bond acceptors (Lipinski definition) is 2. The first-order valence-electron chi connectivity index (χ1n) is 11.8. The molecule has 6 atom stereocenters. The van der Waals surface area contributed by atoms with Crippen molar-refractivity contribution < 1.29 is 9.47 Å². The molecule has 2 nitrogen and oxygen atoms in total. The van der Waals surface area contributed by atoms with Crippen molar-refractivity contribution in [3.05, 3.63) is 24.3 Å². The third-order valence-electron chi connectivity index (χ3n) is 7.32. The zero-order valence-electron chi connectivity index (χ0n) is 19.0. The van der Waals surface area contributed by atoms with E-state index in [0.29, 0.717) is 35.9 Å². The van der Waals surface area contributed by atoms with Gasteiger partial charge >= 0.3 is 0 Å². The summed E-state index contributed by atoms with van der Waals surface area (Å²) in [6.45, 7) is 14.1. The van der Waals surface area contributed by atoms with Crippen LogP contribution in [0.4, 0.5) is 0 Å².